The van der Waals surface area contributed by atoms with Crippen LogP contribution in [0.1, 0.15) is 17.2 Å². The second-order valence-electron chi connectivity index (χ2n) is 4.52. The first kappa shape index (κ1) is 14.3. The Labute approximate surface area is 121 Å². The Kier molecular flexibility index (Phi) is 4.25. The van der Waals surface area contributed by atoms with Gasteiger partial charge < -0.3 is 11.1 Å². The van der Waals surface area contributed by atoms with E-state index < -0.39 is 17.8 Å². The molecule has 1 atom stereocenters. The van der Waals surface area contributed by atoms with Crippen molar-refractivity contribution in [1.82, 2.24) is 0 Å². The van der Waals surface area contributed by atoms with E-state index in [1.807, 2.05) is 31.2 Å². The van der Waals surface area contributed by atoms with Crippen LogP contribution in [0.4, 0.5) is 10.1 Å². The monoisotopic (exact) mass is 292 g/mol. The van der Waals surface area contributed by atoms with Crippen LogP contribution in [0.2, 0.25) is 5.02 Å². The van der Waals surface area contributed by atoms with Gasteiger partial charge in [-0.15, -0.1) is 0 Å². The number of primary amides is 1. The summed E-state index contributed by atoms with van der Waals surface area (Å²) < 4.78 is 13.2. The predicted octanol–water partition coefficient (Wildman–Crippen LogP) is 3.43. The Balaban J connectivity index is 2.29. The predicted molar refractivity (Wildman–Crippen MR) is 78.1 cm³/mol. The highest BCUT2D eigenvalue weighted by Gasteiger charge is 2.18. The first-order valence-electron chi connectivity index (χ1n) is 6.05. The quantitative estimate of drug-likeness (QED) is 0.907. The number of nitrogens with two attached hydrogens (primary N) is 1. The Morgan fingerprint density at radius 3 is 2.45 bits per heavy atom. The third kappa shape index (κ3) is 3.27. The second-order valence-corrected chi connectivity index (χ2v) is 4.93. The normalized spacial score (nSPS) is 11.9. The van der Waals surface area contributed by atoms with Crippen LogP contribution in [0, 0.1) is 12.7 Å². The maximum Gasteiger partial charge on any atom is 0.244 e. The van der Waals surface area contributed by atoms with Crippen molar-refractivity contribution in [2.24, 2.45) is 5.73 Å². The third-order valence-corrected chi connectivity index (χ3v) is 3.21. The minimum atomic E-state index is -0.768. The molecule has 0 heterocycles. The van der Waals surface area contributed by atoms with Crippen LogP contribution >= 0.6 is 11.6 Å². The van der Waals surface area contributed by atoms with Gasteiger partial charge in [-0.05, 0) is 36.8 Å². The molecular weight excluding hydrogens is 279 g/mol. The molecule has 0 saturated heterocycles. The van der Waals surface area contributed by atoms with E-state index in [0.717, 1.165) is 11.3 Å². The maximum absolute atomic E-state index is 13.2. The van der Waals surface area contributed by atoms with Crippen LogP contribution in [0.3, 0.4) is 0 Å². The van der Waals surface area contributed by atoms with Gasteiger partial charge in [0, 0.05) is 5.69 Å². The third-order valence-electron chi connectivity index (χ3n) is 2.92. The molecule has 0 fully saturated rings. The molecule has 2 aromatic carbocycles. The van der Waals surface area contributed by atoms with Gasteiger partial charge in [-0.2, -0.15) is 0 Å². The van der Waals surface area contributed by atoms with Crippen LogP contribution in [0.5, 0.6) is 0 Å². The summed E-state index contributed by atoms with van der Waals surface area (Å²) in [5, 5.41) is 2.97. The van der Waals surface area contributed by atoms with Gasteiger partial charge >= 0.3 is 0 Å². The summed E-state index contributed by atoms with van der Waals surface area (Å²) in [6, 6.07) is 10.8. The summed E-state index contributed by atoms with van der Waals surface area (Å²) >= 11 is 5.73. The smallest absolute Gasteiger partial charge is 0.244 e. The van der Waals surface area contributed by atoms with Crippen molar-refractivity contribution in [3.63, 3.8) is 0 Å². The zero-order chi connectivity index (χ0) is 14.7. The Bertz CT molecular complexity index is 628. The van der Waals surface area contributed by atoms with Crippen molar-refractivity contribution in [3.8, 4) is 0 Å². The highest BCUT2D eigenvalue weighted by molar-refractivity contribution is 6.30. The first-order valence-corrected chi connectivity index (χ1v) is 6.42. The van der Waals surface area contributed by atoms with Gasteiger partial charge in [0.05, 0.1) is 5.02 Å². The van der Waals surface area contributed by atoms with Gasteiger partial charge in [-0.3, -0.25) is 4.79 Å². The molecule has 0 radical (unpaired) electrons. The molecule has 0 spiro atoms. The Hall–Kier alpha value is -2.07. The zero-order valence-corrected chi connectivity index (χ0v) is 11.6. The number of halogens is 2. The topological polar surface area (TPSA) is 55.1 Å². The van der Waals surface area contributed by atoms with E-state index >= 15 is 0 Å². The molecule has 0 aliphatic heterocycles. The number of amides is 1. The molecular formula is C15H14ClFN2O. The number of hydrogen-bond acceptors (Lipinski definition) is 2. The summed E-state index contributed by atoms with van der Waals surface area (Å²) in [7, 11) is 0. The van der Waals surface area contributed by atoms with Crippen LogP contribution < -0.4 is 11.1 Å². The standard InChI is InChI=1S/C15H14ClFN2O/c1-9-2-5-11(6-3-9)19-14(15(18)20)10-4-7-13(17)12(16)8-10/h2-8,14,19H,1H3,(H2,18,20). The molecule has 1 amide bonds. The van der Waals surface area contributed by atoms with Gasteiger partial charge in [-0.1, -0.05) is 35.4 Å². The van der Waals surface area contributed by atoms with Gasteiger partial charge in [-0.25, -0.2) is 4.39 Å². The number of hydrogen-bond donors (Lipinski definition) is 2. The fourth-order valence-electron chi connectivity index (χ4n) is 1.83. The molecule has 5 heteroatoms. The average molecular weight is 293 g/mol. The van der Waals surface area contributed by atoms with Crippen molar-refractivity contribution in [3.05, 3.63) is 64.4 Å². The largest absolute Gasteiger partial charge is 0.370 e. The highest BCUT2D eigenvalue weighted by Crippen LogP contribution is 2.24. The molecule has 3 N–H and O–H groups in total. The summed E-state index contributed by atoms with van der Waals surface area (Å²) in [6.45, 7) is 1.97. The molecule has 20 heavy (non-hydrogen) atoms. The van der Waals surface area contributed by atoms with E-state index in [0.29, 0.717) is 5.56 Å². The number of aryl methyl sites for hydroxylation is 1. The van der Waals surface area contributed by atoms with E-state index in [1.165, 1.54) is 18.2 Å². The number of carbonyl (C=O) groups is 1. The molecule has 2 rings (SSSR count). The zero-order valence-electron chi connectivity index (χ0n) is 10.9. The lowest BCUT2D eigenvalue weighted by atomic mass is 10.1. The minimum absolute atomic E-state index is 0.0422. The molecule has 3 nitrogen and oxygen atoms in total. The number of nitrogens with one attached hydrogen (secondary N) is 1. The van der Waals surface area contributed by atoms with Gasteiger partial charge in [0.1, 0.15) is 11.9 Å². The lowest BCUT2D eigenvalue weighted by molar-refractivity contribution is -0.118. The molecule has 0 saturated carbocycles. The Morgan fingerprint density at radius 2 is 1.90 bits per heavy atom. The number of carbonyl (C=O) groups excluding carboxylic acids is 1. The van der Waals surface area contributed by atoms with E-state index in [4.69, 9.17) is 17.3 Å². The van der Waals surface area contributed by atoms with E-state index in [1.54, 1.807) is 0 Å². The number of anilines is 1. The maximum atomic E-state index is 13.2. The van der Waals surface area contributed by atoms with Crippen molar-refractivity contribution in [2.75, 3.05) is 5.32 Å². The SMILES string of the molecule is Cc1ccc(NC(C(N)=O)c2ccc(F)c(Cl)c2)cc1. The summed E-state index contributed by atoms with van der Waals surface area (Å²) in [5.74, 6) is -1.10. The average Bonchev–Trinajstić information content (AvgIpc) is 2.41. The van der Waals surface area contributed by atoms with Crippen LogP contribution in [-0.4, -0.2) is 5.91 Å². The first-order chi connectivity index (χ1) is 9.47. The Morgan fingerprint density at radius 1 is 1.25 bits per heavy atom. The lowest BCUT2D eigenvalue weighted by Crippen LogP contribution is -2.27. The molecule has 1 unspecified atom stereocenters. The van der Waals surface area contributed by atoms with Crippen molar-refractivity contribution >= 4 is 23.2 Å². The minimum Gasteiger partial charge on any atom is -0.370 e. The fourth-order valence-corrected chi connectivity index (χ4v) is 2.02. The summed E-state index contributed by atoms with van der Waals surface area (Å²) in [4.78, 5) is 11.6. The van der Waals surface area contributed by atoms with Gasteiger partial charge in [0.15, 0.2) is 0 Å². The van der Waals surface area contributed by atoms with Crippen LogP contribution in [0.15, 0.2) is 42.5 Å². The molecule has 0 aromatic heterocycles. The van der Waals surface area contributed by atoms with Crippen molar-refractivity contribution < 1.29 is 9.18 Å². The molecule has 104 valence electrons. The highest BCUT2D eigenvalue weighted by atomic mass is 35.5. The molecule has 0 aliphatic carbocycles. The van der Waals surface area contributed by atoms with Gasteiger partial charge in [0.2, 0.25) is 5.91 Å². The van der Waals surface area contributed by atoms with Crippen LogP contribution in [-0.2, 0) is 4.79 Å². The number of benzene rings is 2. The van der Waals surface area contributed by atoms with E-state index in [2.05, 4.69) is 5.32 Å². The second kappa shape index (κ2) is 5.92. The molecule has 0 bridgehead atoms. The summed E-state index contributed by atoms with van der Waals surface area (Å²) in [6.07, 6.45) is 0. The fraction of sp³-hybridized carbons (Fsp3) is 0.133. The van der Waals surface area contributed by atoms with Crippen molar-refractivity contribution in [1.29, 1.82) is 0 Å². The van der Waals surface area contributed by atoms with Gasteiger partial charge in [0.25, 0.3) is 0 Å². The van der Waals surface area contributed by atoms with E-state index in [9.17, 15) is 9.18 Å². The molecule has 0 aliphatic rings. The van der Waals surface area contributed by atoms with Crippen molar-refractivity contribution in [2.45, 2.75) is 13.0 Å². The number of rotatable bonds is 4. The lowest BCUT2D eigenvalue weighted by Gasteiger charge is -2.17. The van der Waals surface area contributed by atoms with E-state index in [-0.39, 0.29) is 5.02 Å². The molecule has 2 aromatic rings. The summed E-state index contributed by atoms with van der Waals surface area (Å²) in [5.41, 5.74) is 7.77. The van der Waals surface area contributed by atoms with Crippen LogP contribution in [0.25, 0.3) is 0 Å².